The first-order valence-electron chi connectivity index (χ1n) is 5.54. The molecule has 0 saturated heterocycles. The summed E-state index contributed by atoms with van der Waals surface area (Å²) in [5, 5.41) is 5.51. The van der Waals surface area contributed by atoms with Crippen molar-refractivity contribution < 1.29 is 4.79 Å². The van der Waals surface area contributed by atoms with Crippen molar-refractivity contribution in [3.8, 4) is 0 Å². The van der Waals surface area contributed by atoms with Crippen LogP contribution in [0.25, 0.3) is 0 Å². The number of carbonyl (C=O) groups excluding carboxylic acids is 1. The predicted octanol–water partition coefficient (Wildman–Crippen LogP) is 1.53. The number of thiocarbonyl (C=S) groups is 1. The summed E-state index contributed by atoms with van der Waals surface area (Å²) in [4.78, 5) is 11.7. The van der Waals surface area contributed by atoms with Gasteiger partial charge in [0.25, 0.3) is 0 Å². The van der Waals surface area contributed by atoms with E-state index < -0.39 is 0 Å². The number of hydrogen-bond donors (Lipinski definition) is 3. The molecular weight excluding hydrogens is 234 g/mol. The van der Waals surface area contributed by atoms with Crippen LogP contribution in [-0.4, -0.2) is 17.6 Å². The maximum absolute atomic E-state index is 11.3. The van der Waals surface area contributed by atoms with E-state index in [-0.39, 0.29) is 6.03 Å². The fourth-order valence-electron chi connectivity index (χ4n) is 1.32. The van der Waals surface area contributed by atoms with Crippen molar-refractivity contribution in [2.75, 3.05) is 6.54 Å². The molecule has 0 spiro atoms. The van der Waals surface area contributed by atoms with E-state index in [9.17, 15) is 4.79 Å². The average Bonchev–Trinajstić information content (AvgIpc) is 2.34. The molecule has 17 heavy (non-hydrogen) atoms. The highest BCUT2D eigenvalue weighted by Gasteiger charge is 2.01. The summed E-state index contributed by atoms with van der Waals surface area (Å²) < 4.78 is 0. The zero-order valence-electron chi connectivity index (χ0n) is 9.82. The second kappa shape index (κ2) is 6.85. The van der Waals surface area contributed by atoms with Crippen molar-refractivity contribution in [2.45, 2.75) is 19.9 Å². The highest BCUT2D eigenvalue weighted by Crippen LogP contribution is 2.04. The molecule has 0 aliphatic heterocycles. The number of urea groups is 1. The molecule has 2 amide bonds. The summed E-state index contributed by atoms with van der Waals surface area (Å²) in [6, 6.07) is 7.36. The molecule has 0 aromatic heterocycles. The maximum Gasteiger partial charge on any atom is 0.315 e. The number of hydrogen-bond acceptors (Lipinski definition) is 2. The van der Waals surface area contributed by atoms with Gasteiger partial charge >= 0.3 is 6.03 Å². The Morgan fingerprint density at radius 3 is 2.82 bits per heavy atom. The third kappa shape index (κ3) is 4.82. The molecule has 0 atom stereocenters. The number of benzene rings is 1. The van der Waals surface area contributed by atoms with Gasteiger partial charge in [0.1, 0.15) is 4.99 Å². The van der Waals surface area contributed by atoms with Gasteiger partial charge in [-0.3, -0.25) is 0 Å². The standard InChI is InChI=1S/C12H17N3OS/c1-2-6-14-12(16)15-8-9-4-3-5-10(7-9)11(13)17/h3-5,7H,2,6,8H2,1H3,(H2,13,17)(H2,14,15,16). The minimum absolute atomic E-state index is 0.160. The fraction of sp³-hybridized carbons (Fsp3) is 0.333. The molecule has 0 bridgehead atoms. The first-order valence-corrected chi connectivity index (χ1v) is 5.94. The number of carbonyl (C=O) groups is 1. The van der Waals surface area contributed by atoms with Crippen molar-refractivity contribution in [3.05, 3.63) is 35.4 Å². The van der Waals surface area contributed by atoms with Crippen molar-refractivity contribution in [3.63, 3.8) is 0 Å². The van der Waals surface area contributed by atoms with E-state index in [1.165, 1.54) is 0 Å². The lowest BCUT2D eigenvalue weighted by atomic mass is 10.1. The van der Waals surface area contributed by atoms with E-state index in [0.717, 1.165) is 17.5 Å². The molecule has 0 heterocycles. The van der Waals surface area contributed by atoms with Crippen LogP contribution in [0, 0.1) is 0 Å². The quantitative estimate of drug-likeness (QED) is 0.695. The molecule has 0 aliphatic carbocycles. The van der Waals surface area contributed by atoms with Crippen LogP contribution >= 0.6 is 12.2 Å². The second-order valence-corrected chi connectivity index (χ2v) is 4.11. The Balaban J connectivity index is 2.49. The van der Waals surface area contributed by atoms with E-state index in [4.69, 9.17) is 18.0 Å². The van der Waals surface area contributed by atoms with Gasteiger partial charge in [-0.05, 0) is 18.1 Å². The zero-order valence-corrected chi connectivity index (χ0v) is 10.6. The Bertz CT molecular complexity index is 406. The first kappa shape index (κ1) is 13.4. The second-order valence-electron chi connectivity index (χ2n) is 3.67. The molecule has 1 aromatic rings. The van der Waals surface area contributed by atoms with Crippen LogP contribution in [0.15, 0.2) is 24.3 Å². The molecule has 1 aromatic carbocycles. The molecule has 5 heteroatoms. The Morgan fingerprint density at radius 2 is 2.18 bits per heavy atom. The molecule has 92 valence electrons. The van der Waals surface area contributed by atoms with Gasteiger partial charge in [-0.2, -0.15) is 0 Å². The van der Waals surface area contributed by atoms with Gasteiger partial charge < -0.3 is 16.4 Å². The van der Waals surface area contributed by atoms with E-state index >= 15 is 0 Å². The average molecular weight is 251 g/mol. The van der Waals surface area contributed by atoms with Crippen LogP contribution in [0.4, 0.5) is 4.79 Å². The fourth-order valence-corrected chi connectivity index (χ4v) is 1.44. The normalized spacial score (nSPS) is 9.71. The summed E-state index contributed by atoms with van der Waals surface area (Å²) in [7, 11) is 0. The van der Waals surface area contributed by atoms with Crippen molar-refractivity contribution in [2.24, 2.45) is 5.73 Å². The Morgan fingerprint density at radius 1 is 1.41 bits per heavy atom. The van der Waals surface area contributed by atoms with Gasteiger partial charge in [-0.25, -0.2) is 4.79 Å². The molecule has 1 rings (SSSR count). The molecule has 0 radical (unpaired) electrons. The number of amides is 2. The van der Waals surface area contributed by atoms with Crippen LogP contribution in [0.5, 0.6) is 0 Å². The van der Waals surface area contributed by atoms with Crippen molar-refractivity contribution in [1.29, 1.82) is 0 Å². The monoisotopic (exact) mass is 251 g/mol. The van der Waals surface area contributed by atoms with Gasteiger partial charge in [0.2, 0.25) is 0 Å². The molecule has 0 fully saturated rings. The first-order chi connectivity index (χ1) is 8.13. The number of nitrogens with two attached hydrogens (primary N) is 1. The predicted molar refractivity (Wildman–Crippen MR) is 72.9 cm³/mol. The lowest BCUT2D eigenvalue weighted by Crippen LogP contribution is -2.35. The van der Waals surface area contributed by atoms with E-state index in [2.05, 4.69) is 10.6 Å². The van der Waals surface area contributed by atoms with Crippen molar-refractivity contribution >= 4 is 23.2 Å². The molecule has 4 N–H and O–H groups in total. The Labute approximate surface area is 107 Å². The number of rotatable bonds is 5. The lowest BCUT2D eigenvalue weighted by molar-refractivity contribution is 0.240. The molecular formula is C12H17N3OS. The summed E-state index contributed by atoms with van der Waals surface area (Å²) in [6.45, 7) is 3.15. The highest BCUT2D eigenvalue weighted by molar-refractivity contribution is 7.80. The van der Waals surface area contributed by atoms with E-state index in [1.807, 2.05) is 31.2 Å². The minimum atomic E-state index is -0.160. The van der Waals surface area contributed by atoms with Crippen LogP contribution in [-0.2, 0) is 6.54 Å². The van der Waals surface area contributed by atoms with Gasteiger partial charge in [0.05, 0.1) is 0 Å². The highest BCUT2D eigenvalue weighted by atomic mass is 32.1. The van der Waals surface area contributed by atoms with Gasteiger partial charge in [0.15, 0.2) is 0 Å². The smallest absolute Gasteiger partial charge is 0.315 e. The van der Waals surface area contributed by atoms with Crippen LogP contribution in [0.2, 0.25) is 0 Å². The third-order valence-electron chi connectivity index (χ3n) is 2.20. The van der Waals surface area contributed by atoms with Crippen molar-refractivity contribution in [1.82, 2.24) is 10.6 Å². The maximum atomic E-state index is 11.3. The Kier molecular flexibility index (Phi) is 5.42. The van der Waals surface area contributed by atoms with Crippen LogP contribution in [0.1, 0.15) is 24.5 Å². The third-order valence-corrected chi connectivity index (χ3v) is 2.44. The zero-order chi connectivity index (χ0) is 12.7. The van der Waals surface area contributed by atoms with Crippen LogP contribution < -0.4 is 16.4 Å². The topological polar surface area (TPSA) is 67.2 Å². The van der Waals surface area contributed by atoms with Crippen LogP contribution in [0.3, 0.4) is 0 Å². The molecule has 0 aliphatic rings. The minimum Gasteiger partial charge on any atom is -0.389 e. The summed E-state index contributed by atoms with van der Waals surface area (Å²) >= 11 is 4.89. The SMILES string of the molecule is CCCNC(=O)NCc1cccc(C(N)=S)c1. The molecule has 4 nitrogen and oxygen atoms in total. The lowest BCUT2D eigenvalue weighted by Gasteiger charge is -2.07. The van der Waals surface area contributed by atoms with E-state index in [0.29, 0.717) is 18.1 Å². The van der Waals surface area contributed by atoms with Gasteiger partial charge in [-0.15, -0.1) is 0 Å². The Hall–Kier alpha value is -1.62. The summed E-state index contributed by atoms with van der Waals surface area (Å²) in [5.74, 6) is 0. The van der Waals surface area contributed by atoms with E-state index in [1.54, 1.807) is 0 Å². The molecule has 0 saturated carbocycles. The summed E-state index contributed by atoms with van der Waals surface area (Å²) in [5.41, 5.74) is 7.32. The van der Waals surface area contributed by atoms with Gasteiger partial charge in [-0.1, -0.05) is 37.3 Å². The molecule has 0 unspecified atom stereocenters. The summed E-state index contributed by atoms with van der Waals surface area (Å²) in [6.07, 6.45) is 0.921. The van der Waals surface area contributed by atoms with Gasteiger partial charge in [0, 0.05) is 18.7 Å². The largest absolute Gasteiger partial charge is 0.389 e. The number of nitrogens with one attached hydrogen (secondary N) is 2.